The summed E-state index contributed by atoms with van der Waals surface area (Å²) in [4.78, 5) is 0. The minimum atomic E-state index is 0.260. The molecule has 0 amide bonds. The lowest BCUT2D eigenvalue weighted by molar-refractivity contribution is -0.0785. The van der Waals surface area contributed by atoms with Gasteiger partial charge in [0.25, 0.3) is 0 Å². The Labute approximate surface area is 74.5 Å². The predicted octanol–water partition coefficient (Wildman–Crippen LogP) is 2.60. The van der Waals surface area contributed by atoms with Gasteiger partial charge in [-0.3, -0.25) is 0 Å². The molecule has 3 fully saturated rings. The van der Waals surface area contributed by atoms with Crippen LogP contribution in [0.3, 0.4) is 0 Å². The molecular formula is C11H18O. The molecule has 68 valence electrons. The van der Waals surface area contributed by atoms with Crippen molar-refractivity contribution >= 4 is 0 Å². The lowest BCUT2D eigenvalue weighted by Gasteiger charge is -2.43. The van der Waals surface area contributed by atoms with Gasteiger partial charge in [-0.15, -0.1) is 0 Å². The number of rotatable bonds is 0. The van der Waals surface area contributed by atoms with Crippen molar-refractivity contribution in [2.45, 2.75) is 45.1 Å². The van der Waals surface area contributed by atoms with Gasteiger partial charge in [0, 0.05) is 12.0 Å². The molecule has 0 aromatic heterocycles. The predicted molar refractivity (Wildman–Crippen MR) is 47.9 cm³/mol. The molecule has 2 bridgehead atoms. The smallest absolute Gasteiger partial charge is 0.0739 e. The van der Waals surface area contributed by atoms with Crippen molar-refractivity contribution in [2.24, 2.45) is 17.3 Å². The van der Waals surface area contributed by atoms with Crippen LogP contribution in [0.2, 0.25) is 0 Å². The zero-order chi connectivity index (χ0) is 8.40. The van der Waals surface area contributed by atoms with Crippen molar-refractivity contribution < 1.29 is 4.74 Å². The topological polar surface area (TPSA) is 9.23 Å². The van der Waals surface area contributed by atoms with Gasteiger partial charge < -0.3 is 4.74 Å². The van der Waals surface area contributed by atoms with Crippen LogP contribution >= 0.6 is 0 Å². The van der Waals surface area contributed by atoms with Gasteiger partial charge in [0.2, 0.25) is 0 Å². The zero-order valence-corrected chi connectivity index (χ0v) is 8.10. The molecule has 4 atom stereocenters. The first kappa shape index (κ1) is 7.37. The minimum absolute atomic E-state index is 0.260. The van der Waals surface area contributed by atoms with Crippen molar-refractivity contribution in [3.63, 3.8) is 0 Å². The molecule has 1 heterocycles. The van der Waals surface area contributed by atoms with Crippen molar-refractivity contribution in [1.29, 1.82) is 0 Å². The van der Waals surface area contributed by atoms with Crippen molar-refractivity contribution in [3.8, 4) is 0 Å². The first-order valence-corrected chi connectivity index (χ1v) is 5.31. The summed E-state index contributed by atoms with van der Waals surface area (Å²) in [5.41, 5.74) is 0.797. The highest BCUT2D eigenvalue weighted by Gasteiger charge is 2.65. The van der Waals surface area contributed by atoms with Gasteiger partial charge >= 0.3 is 0 Å². The summed E-state index contributed by atoms with van der Waals surface area (Å²) in [5.74, 6) is 1.87. The fourth-order valence-electron chi connectivity index (χ4n) is 4.14. The molecule has 2 saturated carbocycles. The van der Waals surface area contributed by atoms with Crippen LogP contribution in [0.15, 0.2) is 0 Å². The van der Waals surface area contributed by atoms with Gasteiger partial charge in [0.15, 0.2) is 0 Å². The second-order valence-electron chi connectivity index (χ2n) is 5.33. The molecular weight excluding hydrogens is 148 g/mol. The second-order valence-corrected chi connectivity index (χ2v) is 5.33. The molecule has 1 aliphatic heterocycles. The van der Waals surface area contributed by atoms with Crippen LogP contribution in [0, 0.1) is 17.3 Å². The molecule has 0 unspecified atom stereocenters. The fourth-order valence-corrected chi connectivity index (χ4v) is 4.14. The molecule has 12 heavy (non-hydrogen) atoms. The Morgan fingerprint density at radius 2 is 1.92 bits per heavy atom. The lowest BCUT2D eigenvalue weighted by Crippen LogP contribution is -2.45. The molecule has 3 rings (SSSR count). The Bertz CT molecular complexity index is 203. The summed E-state index contributed by atoms with van der Waals surface area (Å²) in [6.45, 7) is 5.84. The average molecular weight is 166 g/mol. The first-order chi connectivity index (χ1) is 5.67. The molecule has 3 aliphatic rings. The molecule has 0 spiro atoms. The van der Waals surface area contributed by atoms with E-state index in [0.717, 1.165) is 18.4 Å². The highest BCUT2D eigenvalue weighted by atomic mass is 16.5. The van der Waals surface area contributed by atoms with Gasteiger partial charge in [-0.05, 0) is 44.4 Å². The fraction of sp³-hybridized carbons (Fsp3) is 1.00. The maximum Gasteiger partial charge on any atom is 0.0739 e. The van der Waals surface area contributed by atoms with E-state index in [0.29, 0.717) is 5.41 Å². The van der Waals surface area contributed by atoms with Crippen LogP contribution in [0.5, 0.6) is 0 Å². The van der Waals surface area contributed by atoms with E-state index in [1.807, 2.05) is 0 Å². The van der Waals surface area contributed by atoms with Gasteiger partial charge in [0.1, 0.15) is 0 Å². The van der Waals surface area contributed by atoms with E-state index in [-0.39, 0.29) is 5.60 Å². The highest BCUT2D eigenvalue weighted by molar-refractivity contribution is 5.14. The summed E-state index contributed by atoms with van der Waals surface area (Å²) >= 11 is 0. The van der Waals surface area contributed by atoms with E-state index in [1.54, 1.807) is 0 Å². The molecule has 0 radical (unpaired) electrons. The monoisotopic (exact) mass is 166 g/mol. The van der Waals surface area contributed by atoms with Crippen LogP contribution in [0.4, 0.5) is 0 Å². The summed E-state index contributed by atoms with van der Waals surface area (Å²) in [7, 11) is 0. The van der Waals surface area contributed by atoms with E-state index in [2.05, 4.69) is 13.8 Å². The third-order valence-electron chi connectivity index (χ3n) is 5.27. The largest absolute Gasteiger partial charge is 0.374 e. The van der Waals surface area contributed by atoms with Crippen LogP contribution in [0.1, 0.15) is 39.5 Å². The van der Waals surface area contributed by atoms with Crippen molar-refractivity contribution in [3.05, 3.63) is 0 Å². The van der Waals surface area contributed by atoms with E-state index in [4.69, 9.17) is 4.74 Å². The van der Waals surface area contributed by atoms with Crippen molar-refractivity contribution in [2.75, 3.05) is 6.61 Å². The number of fused-ring (bicyclic) bond motifs is 5. The Kier molecular flexibility index (Phi) is 1.16. The highest BCUT2D eigenvalue weighted by Crippen LogP contribution is 2.66. The quantitative estimate of drug-likeness (QED) is 0.537. The number of hydrogen-bond acceptors (Lipinski definition) is 1. The Hall–Kier alpha value is -0.0400. The van der Waals surface area contributed by atoms with E-state index in [9.17, 15) is 0 Å². The summed E-state index contributed by atoms with van der Waals surface area (Å²) in [6, 6.07) is 0. The third kappa shape index (κ3) is 0.555. The molecule has 1 heteroatoms. The molecule has 1 nitrogen and oxygen atoms in total. The first-order valence-electron chi connectivity index (χ1n) is 5.31. The molecule has 0 aromatic carbocycles. The Morgan fingerprint density at radius 1 is 1.17 bits per heavy atom. The number of ether oxygens (including phenoxy) is 1. The minimum Gasteiger partial charge on any atom is -0.374 e. The average Bonchev–Trinajstić information content (AvgIpc) is 2.61. The molecule has 0 N–H and O–H groups in total. The third-order valence-corrected chi connectivity index (χ3v) is 5.27. The SMILES string of the molecule is C[C@@]12CCO[C@]1(C)[C@@H]1CC[C@H]2C1. The maximum atomic E-state index is 6.00. The van der Waals surface area contributed by atoms with Crippen LogP contribution in [0.25, 0.3) is 0 Å². The van der Waals surface area contributed by atoms with Gasteiger partial charge in [-0.2, -0.15) is 0 Å². The molecule has 2 aliphatic carbocycles. The van der Waals surface area contributed by atoms with E-state index >= 15 is 0 Å². The standard InChI is InChI=1S/C11H18O/c1-10-5-6-12-11(10,2)9-4-3-8(10)7-9/h8-9H,3-7H2,1-2H3/t8-,9+,10-,11+/m0/s1. The lowest BCUT2D eigenvalue weighted by atomic mass is 9.65. The maximum absolute atomic E-state index is 6.00. The normalized spacial score (nSPS) is 62.5. The van der Waals surface area contributed by atoms with Gasteiger partial charge in [-0.1, -0.05) is 6.92 Å². The summed E-state index contributed by atoms with van der Waals surface area (Å²) in [5, 5.41) is 0. The number of hydrogen-bond donors (Lipinski definition) is 0. The molecule has 0 aromatic rings. The van der Waals surface area contributed by atoms with Crippen molar-refractivity contribution in [1.82, 2.24) is 0 Å². The second kappa shape index (κ2) is 1.89. The van der Waals surface area contributed by atoms with Crippen LogP contribution in [-0.4, -0.2) is 12.2 Å². The van der Waals surface area contributed by atoms with Crippen LogP contribution < -0.4 is 0 Å². The Balaban J connectivity index is 2.08. The van der Waals surface area contributed by atoms with Crippen LogP contribution in [-0.2, 0) is 4.74 Å². The zero-order valence-electron chi connectivity index (χ0n) is 8.10. The van der Waals surface area contributed by atoms with Gasteiger partial charge in [-0.25, -0.2) is 0 Å². The summed E-state index contributed by atoms with van der Waals surface area (Å²) in [6.07, 6.45) is 5.66. The molecule has 1 saturated heterocycles. The summed E-state index contributed by atoms with van der Waals surface area (Å²) < 4.78 is 6.00. The van der Waals surface area contributed by atoms with E-state index in [1.165, 1.54) is 25.7 Å². The van der Waals surface area contributed by atoms with Gasteiger partial charge in [0.05, 0.1) is 5.60 Å². The van der Waals surface area contributed by atoms with E-state index < -0.39 is 0 Å². The Morgan fingerprint density at radius 3 is 2.67 bits per heavy atom.